The van der Waals surface area contributed by atoms with E-state index < -0.39 is 15.7 Å². The minimum atomic E-state index is -2.99. The lowest BCUT2D eigenvalue weighted by atomic mass is 10.3. The topological polar surface area (TPSA) is 46.2 Å². The van der Waals surface area contributed by atoms with Gasteiger partial charge in [0.25, 0.3) is 0 Å². The number of halogens is 2. The van der Waals surface area contributed by atoms with Crippen LogP contribution in [0.1, 0.15) is 0 Å². The molecule has 0 saturated heterocycles. The van der Waals surface area contributed by atoms with Gasteiger partial charge in [0.2, 0.25) is 0 Å². The molecule has 0 atom stereocenters. The van der Waals surface area contributed by atoms with Gasteiger partial charge in [0.1, 0.15) is 15.7 Å². The Bertz CT molecular complexity index is 447. The first-order chi connectivity index (χ1) is 6.88. The first-order valence-electron chi connectivity index (χ1n) is 4.25. The van der Waals surface area contributed by atoms with Crippen LogP contribution >= 0.6 is 11.6 Å². The predicted octanol–water partition coefficient (Wildman–Crippen LogP) is 1.94. The summed E-state index contributed by atoms with van der Waals surface area (Å²) in [5.41, 5.74) is 0.514. The van der Waals surface area contributed by atoms with Crippen molar-refractivity contribution in [1.29, 1.82) is 0 Å². The van der Waals surface area contributed by atoms with Crippen molar-refractivity contribution in [2.24, 2.45) is 0 Å². The summed E-state index contributed by atoms with van der Waals surface area (Å²) >= 11 is 5.49. The molecule has 0 bridgehead atoms. The van der Waals surface area contributed by atoms with Crippen molar-refractivity contribution in [3.8, 4) is 0 Å². The molecule has 84 valence electrons. The van der Waals surface area contributed by atoms with E-state index in [4.69, 9.17) is 11.6 Å². The van der Waals surface area contributed by atoms with E-state index >= 15 is 0 Å². The predicted molar refractivity (Wildman–Crippen MR) is 59.6 cm³/mol. The van der Waals surface area contributed by atoms with Crippen LogP contribution in [0.4, 0.5) is 10.1 Å². The van der Waals surface area contributed by atoms with Crippen LogP contribution < -0.4 is 5.32 Å². The normalized spacial score (nSPS) is 11.4. The highest BCUT2D eigenvalue weighted by atomic mass is 35.5. The molecule has 1 rings (SSSR count). The van der Waals surface area contributed by atoms with Gasteiger partial charge in [-0.1, -0.05) is 11.6 Å². The molecule has 0 radical (unpaired) electrons. The maximum absolute atomic E-state index is 13.0. The second kappa shape index (κ2) is 4.81. The Morgan fingerprint density at radius 3 is 2.67 bits per heavy atom. The molecule has 0 fully saturated rings. The number of hydrogen-bond acceptors (Lipinski definition) is 3. The summed E-state index contributed by atoms with van der Waals surface area (Å²) in [6, 6.07) is 4.23. The van der Waals surface area contributed by atoms with Crippen molar-refractivity contribution < 1.29 is 12.8 Å². The van der Waals surface area contributed by atoms with Gasteiger partial charge < -0.3 is 5.32 Å². The van der Waals surface area contributed by atoms with Crippen molar-refractivity contribution in [2.45, 2.75) is 0 Å². The molecule has 15 heavy (non-hydrogen) atoms. The van der Waals surface area contributed by atoms with Crippen molar-refractivity contribution in [3.05, 3.63) is 29.0 Å². The molecule has 0 spiro atoms. The molecule has 0 saturated carbocycles. The van der Waals surface area contributed by atoms with Crippen LogP contribution in [0.15, 0.2) is 18.2 Å². The van der Waals surface area contributed by atoms with Crippen LogP contribution in [0, 0.1) is 5.82 Å². The lowest BCUT2D eigenvalue weighted by Gasteiger charge is -2.05. The molecule has 0 heterocycles. The fourth-order valence-corrected chi connectivity index (χ4v) is 1.58. The highest BCUT2D eigenvalue weighted by Crippen LogP contribution is 2.18. The highest BCUT2D eigenvalue weighted by molar-refractivity contribution is 7.90. The Labute approximate surface area is 93.2 Å². The first-order valence-corrected chi connectivity index (χ1v) is 6.69. The molecular weight excluding hydrogens is 241 g/mol. The van der Waals surface area contributed by atoms with E-state index in [2.05, 4.69) is 5.32 Å². The van der Waals surface area contributed by atoms with Gasteiger partial charge in [-0.05, 0) is 18.2 Å². The molecule has 0 aliphatic carbocycles. The van der Waals surface area contributed by atoms with Crippen LogP contribution in [0.5, 0.6) is 0 Å². The SMILES string of the molecule is CS(=O)(=O)CCNc1ccc(Cl)c(F)c1. The molecule has 3 nitrogen and oxygen atoms in total. The summed E-state index contributed by atoms with van der Waals surface area (Å²) in [4.78, 5) is 0. The Morgan fingerprint density at radius 1 is 1.47 bits per heavy atom. The summed E-state index contributed by atoms with van der Waals surface area (Å²) in [6.07, 6.45) is 1.15. The monoisotopic (exact) mass is 251 g/mol. The number of sulfone groups is 1. The fraction of sp³-hybridized carbons (Fsp3) is 0.333. The summed E-state index contributed by atoms with van der Waals surface area (Å²) < 4.78 is 34.6. The maximum Gasteiger partial charge on any atom is 0.149 e. The Balaban J connectivity index is 2.55. The van der Waals surface area contributed by atoms with Crippen LogP contribution in [-0.4, -0.2) is 27.0 Å². The van der Waals surface area contributed by atoms with Crippen LogP contribution in [0.2, 0.25) is 5.02 Å². The van der Waals surface area contributed by atoms with E-state index in [1.54, 1.807) is 6.07 Å². The maximum atomic E-state index is 13.0. The third-order valence-corrected chi connectivity index (χ3v) is 2.97. The zero-order chi connectivity index (χ0) is 11.5. The molecule has 1 N–H and O–H groups in total. The molecule has 0 aliphatic heterocycles. The van der Waals surface area contributed by atoms with Crippen molar-refractivity contribution >= 4 is 27.1 Å². The van der Waals surface area contributed by atoms with Gasteiger partial charge in [0.05, 0.1) is 10.8 Å². The molecule has 1 aromatic carbocycles. The molecule has 1 aromatic rings. The lowest BCUT2D eigenvalue weighted by molar-refractivity contribution is 0.602. The van der Waals surface area contributed by atoms with Gasteiger partial charge in [-0.15, -0.1) is 0 Å². The molecule has 0 unspecified atom stereocenters. The summed E-state index contributed by atoms with van der Waals surface area (Å²) in [5, 5.41) is 2.84. The second-order valence-corrected chi connectivity index (χ2v) is 5.85. The van der Waals surface area contributed by atoms with Crippen molar-refractivity contribution in [1.82, 2.24) is 0 Å². The van der Waals surface area contributed by atoms with Crippen LogP contribution in [0.3, 0.4) is 0 Å². The highest BCUT2D eigenvalue weighted by Gasteiger charge is 2.03. The Kier molecular flexibility index (Phi) is 3.93. The van der Waals surface area contributed by atoms with Crippen molar-refractivity contribution in [2.75, 3.05) is 23.9 Å². The van der Waals surface area contributed by atoms with Gasteiger partial charge in [-0.2, -0.15) is 0 Å². The average molecular weight is 252 g/mol. The quantitative estimate of drug-likeness (QED) is 0.890. The van der Waals surface area contributed by atoms with Gasteiger partial charge in [-0.3, -0.25) is 0 Å². The third-order valence-electron chi connectivity index (χ3n) is 1.72. The molecular formula is C9H11ClFNO2S. The van der Waals surface area contributed by atoms with Gasteiger partial charge in [0, 0.05) is 18.5 Å². The number of anilines is 1. The standard InChI is InChI=1S/C9H11ClFNO2S/c1-15(13,14)5-4-12-7-2-3-8(10)9(11)6-7/h2-3,6,12H,4-5H2,1H3. The van der Waals surface area contributed by atoms with Gasteiger partial charge in [-0.25, -0.2) is 12.8 Å². The van der Waals surface area contributed by atoms with E-state index in [0.717, 1.165) is 6.26 Å². The van der Waals surface area contributed by atoms with Crippen LogP contribution in [0.25, 0.3) is 0 Å². The minimum absolute atomic E-state index is 0.0112. The summed E-state index contributed by atoms with van der Waals surface area (Å²) in [6.45, 7) is 0.250. The zero-order valence-electron chi connectivity index (χ0n) is 8.13. The minimum Gasteiger partial charge on any atom is -0.384 e. The number of benzene rings is 1. The molecule has 6 heteroatoms. The number of rotatable bonds is 4. The zero-order valence-corrected chi connectivity index (χ0v) is 9.70. The van der Waals surface area contributed by atoms with Gasteiger partial charge in [0.15, 0.2) is 0 Å². The van der Waals surface area contributed by atoms with E-state index in [9.17, 15) is 12.8 Å². The largest absolute Gasteiger partial charge is 0.384 e. The van der Waals surface area contributed by atoms with E-state index in [1.165, 1.54) is 12.1 Å². The number of hydrogen-bond donors (Lipinski definition) is 1. The summed E-state index contributed by atoms with van der Waals surface area (Å²) in [7, 11) is -2.99. The molecule has 0 aliphatic rings. The Hall–Kier alpha value is -0.810. The summed E-state index contributed by atoms with van der Waals surface area (Å²) in [5.74, 6) is -0.516. The van der Waals surface area contributed by atoms with E-state index in [1.807, 2.05) is 0 Å². The first kappa shape index (κ1) is 12.3. The smallest absolute Gasteiger partial charge is 0.149 e. The van der Waals surface area contributed by atoms with Gasteiger partial charge >= 0.3 is 0 Å². The fourth-order valence-electron chi connectivity index (χ4n) is 0.987. The third kappa shape index (κ3) is 4.48. The van der Waals surface area contributed by atoms with E-state index in [0.29, 0.717) is 5.69 Å². The molecule has 0 aromatic heterocycles. The lowest BCUT2D eigenvalue weighted by Crippen LogP contribution is -2.14. The second-order valence-electron chi connectivity index (χ2n) is 3.19. The number of nitrogens with one attached hydrogen (secondary N) is 1. The van der Waals surface area contributed by atoms with E-state index in [-0.39, 0.29) is 17.3 Å². The average Bonchev–Trinajstić information content (AvgIpc) is 2.09. The Morgan fingerprint density at radius 2 is 2.13 bits per heavy atom. The van der Waals surface area contributed by atoms with Crippen LogP contribution in [-0.2, 0) is 9.84 Å². The molecule has 0 amide bonds. The van der Waals surface area contributed by atoms with Crippen molar-refractivity contribution in [3.63, 3.8) is 0 Å².